The zero-order valence-corrected chi connectivity index (χ0v) is 10.0. The minimum Gasteiger partial charge on any atom is -0.330 e. The summed E-state index contributed by atoms with van der Waals surface area (Å²) in [5.41, 5.74) is 7.23. The van der Waals surface area contributed by atoms with E-state index in [0.717, 1.165) is 17.8 Å². The SMILES string of the molecule is NCCc1ccn(-c2ccc(Cl)cc2Cl)n1. The van der Waals surface area contributed by atoms with Crippen LogP contribution in [0.3, 0.4) is 0 Å². The second-order valence-corrected chi connectivity index (χ2v) is 4.23. The molecule has 0 radical (unpaired) electrons. The van der Waals surface area contributed by atoms with Crippen LogP contribution in [0.25, 0.3) is 5.69 Å². The van der Waals surface area contributed by atoms with E-state index in [4.69, 9.17) is 28.9 Å². The van der Waals surface area contributed by atoms with E-state index in [2.05, 4.69) is 5.10 Å². The molecule has 16 heavy (non-hydrogen) atoms. The van der Waals surface area contributed by atoms with Gasteiger partial charge in [-0.05, 0) is 30.8 Å². The topological polar surface area (TPSA) is 43.8 Å². The fourth-order valence-corrected chi connectivity index (χ4v) is 1.94. The maximum atomic E-state index is 6.08. The van der Waals surface area contributed by atoms with Crippen LogP contribution in [0.5, 0.6) is 0 Å². The number of hydrogen-bond donors (Lipinski definition) is 1. The van der Waals surface area contributed by atoms with Crippen molar-refractivity contribution in [2.24, 2.45) is 5.73 Å². The molecular formula is C11H11Cl2N3. The van der Waals surface area contributed by atoms with Gasteiger partial charge < -0.3 is 5.73 Å². The molecule has 1 heterocycles. The van der Waals surface area contributed by atoms with Gasteiger partial charge in [0.25, 0.3) is 0 Å². The van der Waals surface area contributed by atoms with E-state index >= 15 is 0 Å². The number of nitrogens with two attached hydrogens (primary N) is 1. The molecule has 1 aromatic heterocycles. The molecular weight excluding hydrogens is 245 g/mol. The van der Waals surface area contributed by atoms with Crippen LogP contribution in [0.1, 0.15) is 5.69 Å². The lowest BCUT2D eigenvalue weighted by Gasteiger charge is -2.04. The zero-order chi connectivity index (χ0) is 11.5. The highest BCUT2D eigenvalue weighted by atomic mass is 35.5. The average molecular weight is 256 g/mol. The second kappa shape index (κ2) is 4.87. The number of rotatable bonds is 3. The predicted molar refractivity (Wildman–Crippen MR) is 66.3 cm³/mol. The molecule has 84 valence electrons. The van der Waals surface area contributed by atoms with Gasteiger partial charge in [0.1, 0.15) is 0 Å². The zero-order valence-electron chi connectivity index (χ0n) is 8.53. The van der Waals surface area contributed by atoms with Crippen LogP contribution in [0, 0.1) is 0 Å². The largest absolute Gasteiger partial charge is 0.330 e. The van der Waals surface area contributed by atoms with E-state index in [1.165, 1.54) is 0 Å². The Labute approximate surface area is 104 Å². The lowest BCUT2D eigenvalue weighted by Crippen LogP contribution is -2.04. The molecule has 2 aromatic rings. The third-order valence-corrected chi connectivity index (χ3v) is 2.74. The molecule has 0 saturated carbocycles. The predicted octanol–water partition coefficient (Wildman–Crippen LogP) is 2.68. The number of hydrogen-bond acceptors (Lipinski definition) is 2. The van der Waals surface area contributed by atoms with E-state index in [0.29, 0.717) is 16.6 Å². The number of aromatic nitrogens is 2. The molecule has 0 aliphatic heterocycles. The van der Waals surface area contributed by atoms with E-state index in [1.807, 2.05) is 18.3 Å². The minimum absolute atomic E-state index is 0.579. The molecule has 0 aliphatic rings. The van der Waals surface area contributed by atoms with Crippen molar-refractivity contribution >= 4 is 23.2 Å². The Hall–Kier alpha value is -1.03. The summed E-state index contributed by atoms with van der Waals surface area (Å²) in [5.74, 6) is 0. The maximum Gasteiger partial charge on any atom is 0.0832 e. The van der Waals surface area contributed by atoms with Gasteiger partial charge in [-0.25, -0.2) is 4.68 Å². The van der Waals surface area contributed by atoms with Crippen molar-refractivity contribution in [3.63, 3.8) is 0 Å². The van der Waals surface area contributed by atoms with E-state index in [-0.39, 0.29) is 0 Å². The van der Waals surface area contributed by atoms with Gasteiger partial charge in [0.2, 0.25) is 0 Å². The van der Waals surface area contributed by atoms with Gasteiger partial charge in [0, 0.05) is 17.6 Å². The number of nitrogens with zero attached hydrogens (tertiary/aromatic N) is 2. The Morgan fingerprint density at radius 3 is 2.75 bits per heavy atom. The highest BCUT2D eigenvalue weighted by Crippen LogP contribution is 2.23. The molecule has 0 bridgehead atoms. The summed E-state index contributed by atoms with van der Waals surface area (Å²) in [4.78, 5) is 0. The molecule has 0 aliphatic carbocycles. The molecule has 1 aromatic carbocycles. The molecule has 0 atom stereocenters. The van der Waals surface area contributed by atoms with Gasteiger partial charge in [0.15, 0.2) is 0 Å². The minimum atomic E-state index is 0.579. The van der Waals surface area contributed by atoms with Crippen molar-refractivity contribution in [2.75, 3.05) is 6.54 Å². The van der Waals surface area contributed by atoms with Crippen LogP contribution < -0.4 is 5.73 Å². The van der Waals surface area contributed by atoms with Gasteiger partial charge in [-0.1, -0.05) is 23.2 Å². The quantitative estimate of drug-likeness (QED) is 0.917. The average Bonchev–Trinajstić information content (AvgIpc) is 2.67. The van der Waals surface area contributed by atoms with Crippen LogP contribution in [-0.2, 0) is 6.42 Å². The summed E-state index contributed by atoms with van der Waals surface area (Å²) < 4.78 is 1.73. The molecule has 0 amide bonds. The summed E-state index contributed by atoms with van der Waals surface area (Å²) in [5, 5.41) is 5.56. The van der Waals surface area contributed by atoms with Crippen LogP contribution >= 0.6 is 23.2 Å². The Balaban J connectivity index is 2.35. The first kappa shape index (κ1) is 11.5. The van der Waals surface area contributed by atoms with E-state index in [9.17, 15) is 0 Å². The van der Waals surface area contributed by atoms with E-state index < -0.39 is 0 Å². The fraction of sp³-hybridized carbons (Fsp3) is 0.182. The van der Waals surface area contributed by atoms with Crippen LogP contribution in [0.4, 0.5) is 0 Å². The first-order valence-corrected chi connectivity index (χ1v) is 5.66. The highest BCUT2D eigenvalue weighted by molar-refractivity contribution is 6.35. The Morgan fingerprint density at radius 1 is 1.25 bits per heavy atom. The smallest absolute Gasteiger partial charge is 0.0832 e. The Bertz CT molecular complexity index is 494. The van der Waals surface area contributed by atoms with Crippen molar-refractivity contribution in [2.45, 2.75) is 6.42 Å². The number of benzene rings is 1. The first-order valence-electron chi connectivity index (χ1n) is 4.91. The maximum absolute atomic E-state index is 6.08. The molecule has 0 unspecified atom stereocenters. The van der Waals surface area contributed by atoms with Crippen LogP contribution in [-0.4, -0.2) is 16.3 Å². The summed E-state index contributed by atoms with van der Waals surface area (Å²) in [6.45, 7) is 0.589. The van der Waals surface area contributed by atoms with Crippen molar-refractivity contribution in [1.82, 2.24) is 9.78 Å². The third-order valence-electron chi connectivity index (χ3n) is 2.20. The standard InChI is InChI=1S/C11H11Cl2N3/c12-8-1-2-11(10(13)7-8)16-6-4-9(15-16)3-5-14/h1-2,4,6-7H,3,5,14H2. The van der Waals surface area contributed by atoms with Crippen molar-refractivity contribution in [3.8, 4) is 5.69 Å². The molecule has 0 saturated heterocycles. The van der Waals surface area contributed by atoms with Gasteiger partial charge in [-0.15, -0.1) is 0 Å². The van der Waals surface area contributed by atoms with Gasteiger partial charge in [0.05, 0.1) is 16.4 Å². The normalized spacial score (nSPS) is 10.7. The second-order valence-electron chi connectivity index (χ2n) is 3.39. The summed E-state index contributed by atoms with van der Waals surface area (Å²) in [6.07, 6.45) is 2.62. The van der Waals surface area contributed by atoms with Crippen LogP contribution in [0.2, 0.25) is 10.0 Å². The van der Waals surface area contributed by atoms with E-state index in [1.54, 1.807) is 16.8 Å². The molecule has 5 heteroatoms. The molecule has 2 rings (SSSR count). The molecule has 3 nitrogen and oxygen atoms in total. The van der Waals surface area contributed by atoms with Crippen molar-refractivity contribution < 1.29 is 0 Å². The monoisotopic (exact) mass is 255 g/mol. The van der Waals surface area contributed by atoms with Gasteiger partial charge in [-0.2, -0.15) is 5.10 Å². The highest BCUT2D eigenvalue weighted by Gasteiger charge is 2.05. The van der Waals surface area contributed by atoms with Gasteiger partial charge in [-0.3, -0.25) is 0 Å². The molecule has 0 fully saturated rings. The lowest BCUT2D eigenvalue weighted by atomic mass is 10.3. The molecule has 0 spiro atoms. The first-order chi connectivity index (χ1) is 7.70. The van der Waals surface area contributed by atoms with Gasteiger partial charge >= 0.3 is 0 Å². The Kier molecular flexibility index (Phi) is 3.49. The number of halogens is 2. The molecule has 2 N–H and O–H groups in total. The van der Waals surface area contributed by atoms with Crippen LogP contribution in [0.15, 0.2) is 30.5 Å². The lowest BCUT2D eigenvalue weighted by molar-refractivity contribution is 0.822. The fourth-order valence-electron chi connectivity index (χ4n) is 1.44. The van der Waals surface area contributed by atoms with Crippen molar-refractivity contribution in [1.29, 1.82) is 0 Å². The third kappa shape index (κ3) is 2.38. The van der Waals surface area contributed by atoms with Crippen molar-refractivity contribution in [3.05, 3.63) is 46.2 Å². The Morgan fingerprint density at radius 2 is 2.06 bits per heavy atom. The summed E-state index contributed by atoms with van der Waals surface area (Å²) in [7, 11) is 0. The summed E-state index contributed by atoms with van der Waals surface area (Å²) in [6, 6.07) is 7.25. The summed E-state index contributed by atoms with van der Waals surface area (Å²) >= 11 is 11.9.